The summed E-state index contributed by atoms with van der Waals surface area (Å²) in [4.78, 5) is 25.9. The first-order valence-corrected chi connectivity index (χ1v) is 9.68. The molecule has 1 unspecified atom stereocenters. The highest BCUT2D eigenvalue weighted by molar-refractivity contribution is 6.01. The minimum Gasteiger partial charge on any atom is -0.476 e. The largest absolute Gasteiger partial charge is 0.476 e. The predicted octanol–water partition coefficient (Wildman–Crippen LogP) is 4.22. The highest BCUT2D eigenvalue weighted by Gasteiger charge is 2.40. The van der Waals surface area contributed by atoms with Gasteiger partial charge in [-0.3, -0.25) is 14.5 Å². The van der Waals surface area contributed by atoms with Gasteiger partial charge in [0, 0.05) is 6.42 Å². The lowest BCUT2D eigenvalue weighted by molar-refractivity contribution is -0.157. The zero-order chi connectivity index (χ0) is 24.0. The second-order valence-electron chi connectivity index (χ2n) is 8.70. The van der Waals surface area contributed by atoms with E-state index in [0.29, 0.717) is 5.56 Å². The van der Waals surface area contributed by atoms with Gasteiger partial charge in [0.15, 0.2) is 17.7 Å². The molecule has 2 heterocycles. The number of aromatic nitrogens is 2. The summed E-state index contributed by atoms with van der Waals surface area (Å²) in [6.45, 7) is 7.95. The molecular weight excluding hydrogens is 436 g/mol. The molecule has 0 bridgehead atoms. The molecule has 12 heteroatoms. The van der Waals surface area contributed by atoms with Crippen LogP contribution in [-0.2, 0) is 22.3 Å². The van der Waals surface area contributed by atoms with Crippen molar-refractivity contribution in [2.45, 2.75) is 59.9 Å². The van der Waals surface area contributed by atoms with Gasteiger partial charge < -0.3 is 14.5 Å². The van der Waals surface area contributed by atoms with Gasteiger partial charge in [0.2, 0.25) is 11.8 Å². The molecule has 1 N–H and O–H groups in total. The second kappa shape index (κ2) is 8.06. The van der Waals surface area contributed by atoms with Crippen LogP contribution in [0.4, 0.5) is 28.9 Å². The summed E-state index contributed by atoms with van der Waals surface area (Å²) in [7, 11) is 0. The third-order valence-electron chi connectivity index (χ3n) is 4.56. The van der Waals surface area contributed by atoms with Crippen LogP contribution >= 0.6 is 0 Å². The number of nitrogens with one attached hydrogen (secondary N) is 1. The molecule has 0 fully saturated rings. The lowest BCUT2D eigenvalue weighted by atomic mass is 9.92. The van der Waals surface area contributed by atoms with Crippen molar-refractivity contribution in [3.63, 3.8) is 0 Å². The van der Waals surface area contributed by atoms with Gasteiger partial charge in [0.05, 0.1) is 11.4 Å². The van der Waals surface area contributed by atoms with Gasteiger partial charge in [0.1, 0.15) is 6.54 Å². The number of carbonyl (C=O) groups is 2. The SMILES string of the molecule is Cc1cc2c(c(F)c1NC(=O)CC(C)(C)C)OC(C)C(=O)N2Cc1nnc(C(F)(F)F)o1. The Bertz CT molecular complexity index is 1060. The van der Waals surface area contributed by atoms with Crippen molar-refractivity contribution in [2.75, 3.05) is 10.2 Å². The number of fused-ring (bicyclic) bond motifs is 1. The number of hydrogen-bond donors (Lipinski definition) is 1. The monoisotopic (exact) mass is 458 g/mol. The summed E-state index contributed by atoms with van der Waals surface area (Å²) in [5, 5.41) is 8.79. The van der Waals surface area contributed by atoms with Crippen molar-refractivity contribution in [3.8, 4) is 5.75 Å². The van der Waals surface area contributed by atoms with Crippen molar-refractivity contribution in [2.24, 2.45) is 5.41 Å². The Balaban J connectivity index is 1.96. The maximum atomic E-state index is 15.3. The number of anilines is 2. The second-order valence-corrected chi connectivity index (χ2v) is 8.70. The molecule has 3 rings (SSSR count). The topological polar surface area (TPSA) is 97.6 Å². The van der Waals surface area contributed by atoms with Crippen LogP contribution in [-0.4, -0.2) is 28.1 Å². The van der Waals surface area contributed by atoms with Crippen LogP contribution in [0.3, 0.4) is 0 Å². The molecule has 1 aliphatic rings. The fourth-order valence-corrected chi connectivity index (χ4v) is 3.17. The van der Waals surface area contributed by atoms with Crippen LogP contribution in [0.2, 0.25) is 0 Å². The Labute approximate surface area is 180 Å². The molecule has 0 spiro atoms. The smallest absolute Gasteiger partial charge is 0.470 e. The molecule has 0 saturated heterocycles. The van der Waals surface area contributed by atoms with E-state index in [0.717, 1.165) is 4.90 Å². The van der Waals surface area contributed by atoms with Crippen LogP contribution in [0.15, 0.2) is 10.5 Å². The lowest BCUT2D eigenvalue weighted by Crippen LogP contribution is -2.44. The zero-order valence-corrected chi connectivity index (χ0v) is 18.1. The molecule has 1 atom stereocenters. The summed E-state index contributed by atoms with van der Waals surface area (Å²) in [6, 6.07) is 1.40. The highest BCUT2D eigenvalue weighted by atomic mass is 19.4. The minimum atomic E-state index is -4.84. The summed E-state index contributed by atoms with van der Waals surface area (Å²) in [5.41, 5.74) is -0.155. The number of aryl methyl sites for hydroxylation is 1. The number of amides is 2. The van der Waals surface area contributed by atoms with E-state index in [4.69, 9.17) is 4.74 Å². The number of nitrogens with zero attached hydrogens (tertiary/aromatic N) is 3. The minimum absolute atomic E-state index is 0.0244. The molecule has 0 saturated carbocycles. The number of halogens is 4. The molecule has 174 valence electrons. The molecule has 1 aliphatic heterocycles. The third kappa shape index (κ3) is 4.83. The summed E-state index contributed by atoms with van der Waals surface area (Å²) >= 11 is 0. The van der Waals surface area contributed by atoms with Gasteiger partial charge in [-0.15, -0.1) is 10.2 Å². The molecule has 0 radical (unpaired) electrons. The van der Waals surface area contributed by atoms with E-state index in [-0.39, 0.29) is 29.0 Å². The van der Waals surface area contributed by atoms with Crippen molar-refractivity contribution in [3.05, 3.63) is 29.2 Å². The van der Waals surface area contributed by atoms with Gasteiger partial charge in [-0.25, -0.2) is 4.39 Å². The number of ether oxygens (including phenoxy) is 1. The van der Waals surface area contributed by atoms with E-state index in [1.54, 1.807) is 0 Å². The molecule has 2 aromatic rings. The zero-order valence-electron chi connectivity index (χ0n) is 18.1. The quantitative estimate of drug-likeness (QED) is 0.689. The number of hydrogen-bond acceptors (Lipinski definition) is 6. The Morgan fingerprint density at radius 2 is 1.91 bits per heavy atom. The van der Waals surface area contributed by atoms with Gasteiger partial charge in [-0.2, -0.15) is 13.2 Å². The molecule has 1 aromatic carbocycles. The standard InChI is InChI=1S/C20H22F4N4O4/c1-9-6-11-16(14(21)15(9)25-12(29)7-19(3,4)5)31-10(2)17(30)28(11)8-13-26-27-18(32-13)20(22,23)24/h6,10H,7-8H2,1-5H3,(H,25,29). The van der Waals surface area contributed by atoms with E-state index in [1.807, 2.05) is 20.8 Å². The van der Waals surface area contributed by atoms with Crippen molar-refractivity contribution < 1.29 is 36.3 Å². The average Bonchev–Trinajstić information content (AvgIpc) is 3.11. The van der Waals surface area contributed by atoms with Crippen molar-refractivity contribution in [1.82, 2.24) is 10.2 Å². The fourth-order valence-electron chi connectivity index (χ4n) is 3.17. The summed E-state index contributed by atoms with van der Waals surface area (Å²) < 4.78 is 63.5. The summed E-state index contributed by atoms with van der Waals surface area (Å²) in [5.74, 6) is -4.28. The van der Waals surface area contributed by atoms with Crippen LogP contribution in [0.25, 0.3) is 0 Å². The maximum absolute atomic E-state index is 15.3. The van der Waals surface area contributed by atoms with Gasteiger partial charge in [0.25, 0.3) is 5.91 Å². The molecule has 2 amide bonds. The Morgan fingerprint density at radius 1 is 1.25 bits per heavy atom. The van der Waals surface area contributed by atoms with Crippen molar-refractivity contribution in [1.29, 1.82) is 0 Å². The Hall–Kier alpha value is -3.18. The first-order chi connectivity index (χ1) is 14.7. The molecular formula is C20H22F4N4O4. The van der Waals surface area contributed by atoms with Gasteiger partial charge in [-0.05, 0) is 30.9 Å². The van der Waals surface area contributed by atoms with Gasteiger partial charge in [-0.1, -0.05) is 20.8 Å². The normalized spacial score (nSPS) is 16.6. The number of alkyl halides is 3. The average molecular weight is 458 g/mol. The van der Waals surface area contributed by atoms with E-state index in [1.165, 1.54) is 19.9 Å². The highest BCUT2D eigenvalue weighted by Crippen LogP contribution is 2.42. The number of carbonyl (C=O) groups excluding carboxylic acids is 2. The van der Waals surface area contributed by atoms with Crippen LogP contribution in [0.1, 0.15) is 51.5 Å². The van der Waals surface area contributed by atoms with Crippen LogP contribution < -0.4 is 15.0 Å². The molecule has 8 nitrogen and oxygen atoms in total. The van der Waals surface area contributed by atoms with E-state index in [9.17, 15) is 22.8 Å². The number of rotatable bonds is 4. The lowest BCUT2D eigenvalue weighted by Gasteiger charge is -2.33. The Morgan fingerprint density at radius 3 is 2.47 bits per heavy atom. The van der Waals surface area contributed by atoms with E-state index in [2.05, 4.69) is 19.9 Å². The number of benzene rings is 1. The fraction of sp³-hybridized carbons (Fsp3) is 0.500. The predicted molar refractivity (Wildman–Crippen MR) is 104 cm³/mol. The maximum Gasteiger partial charge on any atom is 0.470 e. The van der Waals surface area contributed by atoms with Crippen LogP contribution in [0.5, 0.6) is 5.75 Å². The van der Waals surface area contributed by atoms with E-state index >= 15 is 4.39 Å². The molecule has 1 aromatic heterocycles. The first kappa shape index (κ1) is 23.5. The first-order valence-electron chi connectivity index (χ1n) is 9.68. The Kier molecular flexibility index (Phi) is 5.92. The molecule has 0 aliphatic carbocycles. The van der Waals surface area contributed by atoms with Crippen molar-refractivity contribution >= 4 is 23.2 Å². The molecule has 32 heavy (non-hydrogen) atoms. The van der Waals surface area contributed by atoms with E-state index < -0.39 is 48.2 Å². The third-order valence-corrected chi connectivity index (χ3v) is 4.56. The van der Waals surface area contributed by atoms with Crippen LogP contribution in [0, 0.1) is 18.2 Å². The summed E-state index contributed by atoms with van der Waals surface area (Å²) in [6.07, 6.45) is -5.83. The van der Waals surface area contributed by atoms with Gasteiger partial charge >= 0.3 is 12.1 Å².